The number of amides is 1. The van der Waals surface area contributed by atoms with E-state index in [0.717, 1.165) is 22.3 Å². The Morgan fingerprint density at radius 1 is 0.634 bits per heavy atom. The zero-order valence-electron chi connectivity index (χ0n) is 23.2. The fraction of sp³-hybridized carbons (Fsp3) is 0.206. The highest BCUT2D eigenvalue weighted by molar-refractivity contribution is 5.90. The quantitative estimate of drug-likeness (QED) is 0.201. The van der Waals surface area contributed by atoms with Gasteiger partial charge >= 0.3 is 11.9 Å². The molecule has 2 N–H and O–H groups in total. The summed E-state index contributed by atoms with van der Waals surface area (Å²) in [6.07, 6.45) is -0.0405. The SMILES string of the molecule is COC(=O)C[C@H](NC(c1ccccc1)(c1ccccc1)c1ccccc1)C(=O)N[C@@H](Cc1ccccc1)C(=O)OC. The van der Waals surface area contributed by atoms with Gasteiger partial charge in [-0.2, -0.15) is 0 Å². The molecule has 0 unspecified atom stereocenters. The Morgan fingerprint density at radius 3 is 1.49 bits per heavy atom. The van der Waals surface area contributed by atoms with Crippen LogP contribution in [0.3, 0.4) is 0 Å². The van der Waals surface area contributed by atoms with E-state index in [1.807, 2.05) is 121 Å². The number of carbonyl (C=O) groups excluding carboxylic acids is 3. The first-order chi connectivity index (χ1) is 20.0. The smallest absolute Gasteiger partial charge is 0.328 e. The minimum absolute atomic E-state index is 0.228. The van der Waals surface area contributed by atoms with E-state index in [2.05, 4.69) is 10.6 Å². The highest BCUT2D eigenvalue weighted by Crippen LogP contribution is 2.37. The lowest BCUT2D eigenvalue weighted by atomic mass is 9.76. The second kappa shape index (κ2) is 14.1. The number of hydrogen-bond donors (Lipinski definition) is 2. The molecule has 41 heavy (non-hydrogen) atoms. The van der Waals surface area contributed by atoms with E-state index in [1.165, 1.54) is 14.2 Å². The lowest BCUT2D eigenvalue weighted by molar-refractivity contribution is -0.146. The van der Waals surface area contributed by atoms with Crippen molar-refractivity contribution in [2.24, 2.45) is 0 Å². The molecule has 0 heterocycles. The van der Waals surface area contributed by atoms with Crippen LogP contribution < -0.4 is 10.6 Å². The first-order valence-electron chi connectivity index (χ1n) is 13.4. The fourth-order valence-corrected chi connectivity index (χ4v) is 4.99. The third kappa shape index (κ3) is 7.07. The van der Waals surface area contributed by atoms with Crippen molar-refractivity contribution in [2.75, 3.05) is 14.2 Å². The van der Waals surface area contributed by atoms with E-state index in [1.54, 1.807) is 0 Å². The molecule has 0 saturated carbocycles. The number of benzene rings is 4. The van der Waals surface area contributed by atoms with Crippen molar-refractivity contribution in [2.45, 2.75) is 30.5 Å². The van der Waals surface area contributed by atoms with E-state index in [0.29, 0.717) is 0 Å². The van der Waals surface area contributed by atoms with E-state index in [9.17, 15) is 14.4 Å². The summed E-state index contributed by atoms with van der Waals surface area (Å²) in [5.74, 6) is -1.69. The Kier molecular flexibility index (Phi) is 10.0. The number of carbonyl (C=O) groups is 3. The van der Waals surface area contributed by atoms with Gasteiger partial charge in [0, 0.05) is 6.42 Å². The van der Waals surface area contributed by atoms with Gasteiger partial charge in [0.05, 0.1) is 32.2 Å². The molecule has 4 aromatic rings. The molecule has 4 aromatic carbocycles. The van der Waals surface area contributed by atoms with Gasteiger partial charge in [-0.1, -0.05) is 121 Å². The molecule has 0 radical (unpaired) electrons. The molecule has 1 amide bonds. The maximum atomic E-state index is 14.0. The second-order valence-corrected chi connectivity index (χ2v) is 9.60. The van der Waals surface area contributed by atoms with Gasteiger partial charge in [-0.15, -0.1) is 0 Å². The molecule has 4 rings (SSSR count). The monoisotopic (exact) mass is 550 g/mol. The Hall–Kier alpha value is -4.75. The van der Waals surface area contributed by atoms with Gasteiger partial charge in [0.15, 0.2) is 0 Å². The summed E-state index contributed by atoms with van der Waals surface area (Å²) < 4.78 is 9.99. The first-order valence-corrected chi connectivity index (χ1v) is 13.4. The van der Waals surface area contributed by atoms with Crippen molar-refractivity contribution in [3.05, 3.63) is 144 Å². The third-order valence-corrected chi connectivity index (χ3v) is 7.01. The molecule has 0 bridgehead atoms. The number of hydrogen-bond acceptors (Lipinski definition) is 6. The average molecular weight is 551 g/mol. The Balaban J connectivity index is 1.80. The topological polar surface area (TPSA) is 93.7 Å². The second-order valence-electron chi connectivity index (χ2n) is 9.60. The summed E-state index contributed by atoms with van der Waals surface area (Å²) in [6.45, 7) is 0. The van der Waals surface area contributed by atoms with E-state index >= 15 is 0 Å². The van der Waals surface area contributed by atoms with E-state index in [-0.39, 0.29) is 12.8 Å². The molecule has 0 aromatic heterocycles. The largest absolute Gasteiger partial charge is 0.469 e. The number of ether oxygens (including phenoxy) is 2. The van der Waals surface area contributed by atoms with Crippen molar-refractivity contribution in [1.29, 1.82) is 0 Å². The molecule has 0 fully saturated rings. The molecule has 210 valence electrons. The third-order valence-electron chi connectivity index (χ3n) is 7.01. The molecule has 0 spiro atoms. The van der Waals surface area contributed by atoms with Gasteiger partial charge in [0.25, 0.3) is 0 Å². The van der Waals surface area contributed by atoms with Crippen molar-refractivity contribution in [3.8, 4) is 0 Å². The Bertz CT molecular complexity index is 1320. The number of rotatable bonds is 12. The Labute approximate surface area is 240 Å². The fourth-order valence-electron chi connectivity index (χ4n) is 4.99. The van der Waals surface area contributed by atoms with Crippen LogP contribution in [0, 0.1) is 0 Å². The molecular formula is C34H34N2O5. The van der Waals surface area contributed by atoms with Crippen LogP contribution in [0.2, 0.25) is 0 Å². The maximum Gasteiger partial charge on any atom is 0.328 e. The van der Waals surface area contributed by atoms with E-state index in [4.69, 9.17) is 9.47 Å². The van der Waals surface area contributed by atoms with Crippen LogP contribution in [-0.4, -0.2) is 44.1 Å². The first kappa shape index (κ1) is 29.2. The predicted molar refractivity (Wildman–Crippen MR) is 157 cm³/mol. The molecular weight excluding hydrogens is 516 g/mol. The lowest BCUT2D eigenvalue weighted by Gasteiger charge is -2.40. The molecule has 7 heteroatoms. The van der Waals surface area contributed by atoms with Crippen LogP contribution in [-0.2, 0) is 35.8 Å². The standard InChI is InChI=1S/C34H34N2O5/c1-40-31(37)24-29(32(38)35-30(33(39)41-2)23-25-15-7-3-8-16-25)36-34(26-17-9-4-10-18-26,27-19-11-5-12-20-27)28-21-13-6-14-22-28/h3-22,29-30,36H,23-24H2,1-2H3,(H,35,38)/t29-,30-/m0/s1. The van der Waals surface area contributed by atoms with Crippen LogP contribution in [0.1, 0.15) is 28.7 Å². The predicted octanol–water partition coefficient (Wildman–Crippen LogP) is 4.40. The zero-order valence-corrected chi connectivity index (χ0v) is 23.2. The van der Waals surface area contributed by atoms with Gasteiger partial charge in [-0.3, -0.25) is 14.9 Å². The molecule has 0 aliphatic rings. The lowest BCUT2D eigenvalue weighted by Crippen LogP contribution is -2.58. The Morgan fingerprint density at radius 2 is 1.07 bits per heavy atom. The minimum atomic E-state index is -1.08. The van der Waals surface area contributed by atoms with Crippen LogP contribution in [0.5, 0.6) is 0 Å². The summed E-state index contributed by atoms with van der Waals surface area (Å²) in [7, 11) is 2.56. The summed E-state index contributed by atoms with van der Waals surface area (Å²) in [6, 6.07) is 36.5. The van der Waals surface area contributed by atoms with Crippen molar-refractivity contribution >= 4 is 17.8 Å². The van der Waals surface area contributed by atoms with Crippen LogP contribution in [0.25, 0.3) is 0 Å². The van der Waals surface area contributed by atoms with Gasteiger partial charge in [-0.05, 0) is 22.3 Å². The number of esters is 2. The zero-order chi connectivity index (χ0) is 29.1. The normalized spacial score (nSPS) is 12.5. The van der Waals surface area contributed by atoms with E-state index < -0.39 is 35.5 Å². The number of nitrogens with one attached hydrogen (secondary N) is 2. The molecule has 0 aliphatic carbocycles. The number of methoxy groups -OCH3 is 2. The summed E-state index contributed by atoms with van der Waals surface area (Å²) >= 11 is 0. The summed E-state index contributed by atoms with van der Waals surface area (Å²) in [5, 5.41) is 6.38. The van der Waals surface area contributed by atoms with Crippen molar-refractivity contribution in [1.82, 2.24) is 10.6 Å². The molecule has 2 atom stereocenters. The summed E-state index contributed by atoms with van der Waals surface area (Å²) in [4.78, 5) is 39.4. The minimum Gasteiger partial charge on any atom is -0.469 e. The average Bonchev–Trinajstić information content (AvgIpc) is 3.04. The van der Waals surface area contributed by atoms with Crippen molar-refractivity contribution in [3.63, 3.8) is 0 Å². The van der Waals surface area contributed by atoms with Crippen LogP contribution in [0.4, 0.5) is 0 Å². The maximum absolute atomic E-state index is 14.0. The van der Waals surface area contributed by atoms with Crippen LogP contribution >= 0.6 is 0 Å². The van der Waals surface area contributed by atoms with Gasteiger partial charge in [0.1, 0.15) is 6.04 Å². The molecule has 0 aliphatic heterocycles. The molecule has 7 nitrogen and oxygen atoms in total. The van der Waals surface area contributed by atoms with Gasteiger partial charge < -0.3 is 14.8 Å². The highest BCUT2D eigenvalue weighted by Gasteiger charge is 2.41. The van der Waals surface area contributed by atoms with Gasteiger partial charge in [-0.25, -0.2) is 4.79 Å². The van der Waals surface area contributed by atoms with Crippen molar-refractivity contribution < 1.29 is 23.9 Å². The highest BCUT2D eigenvalue weighted by atomic mass is 16.5. The van der Waals surface area contributed by atoms with Crippen LogP contribution in [0.15, 0.2) is 121 Å². The van der Waals surface area contributed by atoms with Gasteiger partial charge in [0.2, 0.25) is 5.91 Å². The molecule has 0 saturated heterocycles. The summed E-state index contributed by atoms with van der Waals surface area (Å²) in [5.41, 5.74) is 2.43.